The van der Waals surface area contributed by atoms with Crippen LogP contribution in [0.5, 0.6) is 5.75 Å². The maximum atomic E-state index is 10.7. The molecule has 1 unspecified atom stereocenters. The predicted octanol–water partition coefficient (Wildman–Crippen LogP) is 7.75. The number of nitrogens with two attached hydrogens (primary N) is 1. The molecule has 0 fully saturated rings. The predicted molar refractivity (Wildman–Crippen MR) is 146 cm³/mol. The minimum Gasteiger partial charge on any atom is -0.475 e. The van der Waals surface area contributed by atoms with Crippen LogP contribution in [-0.2, 0) is 11.8 Å². The standard InChI is InChI=1S/C31H49NO2/c1-8-13-14-29(32)34-28-18-17-27(22-24(28)7)31(11-4,12-5)26-16-15-25(23(6)21-26)19-20-30(33,9-2)10-3/h15-18,21-22,29,33H,8-14,19-20,32H2,1-7H3. The van der Waals surface area contributed by atoms with Crippen LogP contribution in [0.3, 0.4) is 0 Å². The second-order valence-electron chi connectivity index (χ2n) is 10.1. The van der Waals surface area contributed by atoms with Crippen molar-refractivity contribution < 1.29 is 9.84 Å². The molecule has 0 saturated heterocycles. The maximum absolute atomic E-state index is 10.7. The number of ether oxygens (including phenoxy) is 1. The fourth-order valence-corrected chi connectivity index (χ4v) is 5.18. The van der Waals surface area contributed by atoms with Gasteiger partial charge in [-0.1, -0.05) is 71.4 Å². The first-order valence-electron chi connectivity index (χ1n) is 13.5. The zero-order chi connectivity index (χ0) is 25.4. The van der Waals surface area contributed by atoms with Crippen LogP contribution in [0.1, 0.15) is 114 Å². The summed E-state index contributed by atoms with van der Waals surface area (Å²) in [7, 11) is 0. The van der Waals surface area contributed by atoms with Crippen molar-refractivity contribution in [1.82, 2.24) is 0 Å². The van der Waals surface area contributed by atoms with Gasteiger partial charge in [0.05, 0.1) is 5.60 Å². The van der Waals surface area contributed by atoms with Crippen molar-refractivity contribution in [2.45, 2.75) is 123 Å². The van der Waals surface area contributed by atoms with Crippen LogP contribution in [0.2, 0.25) is 0 Å². The van der Waals surface area contributed by atoms with Crippen molar-refractivity contribution in [3.63, 3.8) is 0 Å². The summed E-state index contributed by atoms with van der Waals surface area (Å²) in [5, 5.41) is 10.7. The lowest BCUT2D eigenvalue weighted by Gasteiger charge is -2.34. The average molecular weight is 468 g/mol. The average Bonchev–Trinajstić information content (AvgIpc) is 2.84. The molecule has 0 amide bonds. The third-order valence-electron chi connectivity index (χ3n) is 8.13. The van der Waals surface area contributed by atoms with E-state index in [9.17, 15) is 5.11 Å². The lowest BCUT2D eigenvalue weighted by atomic mass is 9.69. The number of aliphatic hydroxyl groups is 1. The van der Waals surface area contributed by atoms with Crippen molar-refractivity contribution in [3.05, 3.63) is 64.2 Å². The van der Waals surface area contributed by atoms with E-state index in [1.807, 2.05) is 0 Å². The number of aryl methyl sites for hydroxylation is 3. The molecule has 2 aromatic rings. The second kappa shape index (κ2) is 12.7. The van der Waals surface area contributed by atoms with Gasteiger partial charge in [-0.2, -0.15) is 0 Å². The number of hydrogen-bond donors (Lipinski definition) is 2. The molecule has 190 valence electrons. The number of benzene rings is 2. The molecule has 0 aliphatic carbocycles. The van der Waals surface area contributed by atoms with Gasteiger partial charge in [-0.05, 0) is 99.1 Å². The minimum atomic E-state index is -0.553. The lowest BCUT2D eigenvalue weighted by Crippen LogP contribution is -2.28. The van der Waals surface area contributed by atoms with Crippen LogP contribution in [0.4, 0.5) is 0 Å². The molecule has 0 bridgehead atoms. The molecule has 3 N–H and O–H groups in total. The molecule has 3 nitrogen and oxygen atoms in total. The summed E-state index contributed by atoms with van der Waals surface area (Å²) >= 11 is 0. The number of unbranched alkanes of at least 4 members (excludes halogenated alkanes) is 1. The van der Waals surface area contributed by atoms with Crippen LogP contribution in [0, 0.1) is 13.8 Å². The van der Waals surface area contributed by atoms with Gasteiger partial charge in [-0.15, -0.1) is 0 Å². The zero-order valence-corrected chi connectivity index (χ0v) is 22.8. The topological polar surface area (TPSA) is 55.5 Å². The van der Waals surface area contributed by atoms with Crippen LogP contribution < -0.4 is 10.5 Å². The van der Waals surface area contributed by atoms with E-state index in [0.29, 0.717) is 0 Å². The number of hydrogen-bond acceptors (Lipinski definition) is 3. The molecule has 1 atom stereocenters. The van der Waals surface area contributed by atoms with E-state index in [1.54, 1.807) is 0 Å². The van der Waals surface area contributed by atoms with Gasteiger partial charge < -0.3 is 9.84 Å². The van der Waals surface area contributed by atoms with Gasteiger partial charge in [0.15, 0.2) is 0 Å². The highest BCUT2D eigenvalue weighted by atomic mass is 16.5. The van der Waals surface area contributed by atoms with Gasteiger partial charge >= 0.3 is 0 Å². The van der Waals surface area contributed by atoms with E-state index < -0.39 is 5.60 Å². The first-order chi connectivity index (χ1) is 16.2. The molecule has 0 saturated carbocycles. The fourth-order valence-electron chi connectivity index (χ4n) is 5.18. The van der Waals surface area contributed by atoms with Crippen LogP contribution >= 0.6 is 0 Å². The highest BCUT2D eigenvalue weighted by molar-refractivity contribution is 5.47. The third kappa shape index (κ3) is 6.64. The molecule has 0 spiro atoms. The summed E-state index contributed by atoms with van der Waals surface area (Å²) in [4.78, 5) is 0. The van der Waals surface area contributed by atoms with Crippen molar-refractivity contribution in [3.8, 4) is 5.75 Å². The Bertz CT molecular complexity index is 896. The molecule has 2 aromatic carbocycles. The molecular weight excluding hydrogens is 418 g/mol. The second-order valence-corrected chi connectivity index (χ2v) is 10.1. The molecule has 0 aromatic heterocycles. The van der Waals surface area contributed by atoms with Crippen LogP contribution in [0.15, 0.2) is 36.4 Å². The lowest BCUT2D eigenvalue weighted by molar-refractivity contribution is 0.0239. The molecule has 0 aliphatic rings. The van der Waals surface area contributed by atoms with Gasteiger partial charge in [-0.25, -0.2) is 0 Å². The molecule has 3 heteroatoms. The third-order valence-corrected chi connectivity index (χ3v) is 8.13. The quantitative estimate of drug-likeness (QED) is 0.279. The molecule has 2 rings (SSSR count). The first kappa shape index (κ1) is 28.4. The number of rotatable bonds is 14. The molecular formula is C31H49NO2. The Morgan fingerprint density at radius 3 is 1.94 bits per heavy atom. The summed E-state index contributed by atoms with van der Waals surface area (Å²) < 4.78 is 6.05. The van der Waals surface area contributed by atoms with Gasteiger partial charge in [0.25, 0.3) is 0 Å². The van der Waals surface area contributed by atoms with Crippen LogP contribution in [0.25, 0.3) is 0 Å². The van der Waals surface area contributed by atoms with E-state index >= 15 is 0 Å². The van der Waals surface area contributed by atoms with Crippen molar-refractivity contribution >= 4 is 0 Å². The largest absolute Gasteiger partial charge is 0.475 e. The van der Waals surface area contributed by atoms with Crippen molar-refractivity contribution in [2.24, 2.45) is 5.73 Å². The van der Waals surface area contributed by atoms with Gasteiger partial charge in [-0.3, -0.25) is 5.73 Å². The maximum Gasteiger partial charge on any atom is 0.147 e. The fraction of sp³-hybridized carbons (Fsp3) is 0.613. The summed E-state index contributed by atoms with van der Waals surface area (Å²) in [6.45, 7) is 15.2. The summed E-state index contributed by atoms with van der Waals surface area (Å²) in [5.74, 6) is 0.888. The first-order valence-corrected chi connectivity index (χ1v) is 13.5. The highest BCUT2D eigenvalue weighted by Crippen LogP contribution is 2.41. The monoisotopic (exact) mass is 467 g/mol. The smallest absolute Gasteiger partial charge is 0.147 e. The van der Waals surface area contributed by atoms with E-state index in [4.69, 9.17) is 10.5 Å². The minimum absolute atomic E-state index is 0.0372. The molecule has 34 heavy (non-hydrogen) atoms. The SMILES string of the molecule is CCCCC(N)Oc1ccc(C(CC)(CC)c2ccc(CCC(O)(CC)CC)c(C)c2)cc1C. The van der Waals surface area contributed by atoms with E-state index in [0.717, 1.165) is 69.1 Å². The van der Waals surface area contributed by atoms with Crippen molar-refractivity contribution in [1.29, 1.82) is 0 Å². The van der Waals surface area contributed by atoms with E-state index in [-0.39, 0.29) is 11.6 Å². The van der Waals surface area contributed by atoms with Crippen molar-refractivity contribution in [2.75, 3.05) is 0 Å². The molecule has 0 radical (unpaired) electrons. The van der Waals surface area contributed by atoms with E-state index in [2.05, 4.69) is 84.9 Å². The Labute approximate surface area is 209 Å². The Morgan fingerprint density at radius 2 is 1.44 bits per heavy atom. The normalized spacial score (nSPS) is 13.2. The summed E-state index contributed by atoms with van der Waals surface area (Å²) in [6, 6.07) is 13.6. The van der Waals surface area contributed by atoms with Gasteiger partial charge in [0.1, 0.15) is 12.0 Å². The summed E-state index contributed by atoms with van der Waals surface area (Å²) in [5.41, 5.74) is 12.1. The highest BCUT2D eigenvalue weighted by Gasteiger charge is 2.32. The van der Waals surface area contributed by atoms with Gasteiger partial charge in [0.2, 0.25) is 0 Å². The Morgan fingerprint density at radius 1 is 0.853 bits per heavy atom. The Kier molecular flexibility index (Phi) is 10.6. The zero-order valence-electron chi connectivity index (χ0n) is 22.8. The van der Waals surface area contributed by atoms with Crippen LogP contribution in [-0.4, -0.2) is 16.9 Å². The Balaban J connectivity index is 2.32. The molecule has 0 heterocycles. The van der Waals surface area contributed by atoms with E-state index in [1.165, 1.54) is 22.3 Å². The summed E-state index contributed by atoms with van der Waals surface area (Å²) in [6.07, 6.45) is 8.24. The Hall–Kier alpha value is -1.84. The van der Waals surface area contributed by atoms with Gasteiger partial charge in [0, 0.05) is 5.41 Å². The molecule has 0 aliphatic heterocycles.